The van der Waals surface area contributed by atoms with Crippen molar-refractivity contribution in [2.45, 2.75) is 19.6 Å². The van der Waals surface area contributed by atoms with Crippen LogP contribution in [0.5, 0.6) is 0 Å². The number of rotatable bonds is 8. The van der Waals surface area contributed by atoms with E-state index in [0.29, 0.717) is 5.39 Å². The Hall–Kier alpha value is -5.26. The van der Waals surface area contributed by atoms with Crippen LogP contribution in [0.4, 0.5) is 28.4 Å². The molecule has 0 heterocycles. The Morgan fingerprint density at radius 3 is 1.45 bits per heavy atom. The number of azo groups is 2. The van der Waals surface area contributed by atoms with Gasteiger partial charge < -0.3 is 5.73 Å². The molecule has 0 radical (unpaired) electrons. The minimum atomic E-state index is -4.94. The summed E-state index contributed by atoms with van der Waals surface area (Å²) in [5.74, 6) is 0. The second-order valence-corrected chi connectivity index (χ2v) is 16.4. The number of nitrogens with zero attached hydrogens (tertiary/aromatic N) is 4. The standard InChI is InChI=1S/C30H21N5O12S4/c31-25-8-9-26(19-6-4-17(14-22(19)25)48(36,37)38)34-35-28-11-10-27(20-7-5-18(15-23(20)28)49(39,40)41)33-32-16-12-24-21(30(13-16)51(45,46)47)2-1-3-29(24)50(42,43)44/h1-15H,31H2,(H,36,37,38)(H,39,40,41)(H,42,43,44)(H,45,46,47). The molecule has 6 N–H and O–H groups in total. The zero-order valence-electron chi connectivity index (χ0n) is 25.2. The minimum absolute atomic E-state index is 0.0538. The molecule has 0 aliphatic carbocycles. The van der Waals surface area contributed by atoms with Gasteiger partial charge in [-0.05, 0) is 66.7 Å². The number of hydrogen-bond donors (Lipinski definition) is 5. The molecule has 51 heavy (non-hydrogen) atoms. The second-order valence-electron chi connectivity index (χ2n) is 10.8. The highest BCUT2D eigenvalue weighted by atomic mass is 32.2. The van der Waals surface area contributed by atoms with Gasteiger partial charge in [0.25, 0.3) is 40.5 Å². The first-order chi connectivity index (χ1) is 23.7. The molecule has 0 aliphatic heterocycles. The summed E-state index contributed by atoms with van der Waals surface area (Å²) < 4.78 is 135. The van der Waals surface area contributed by atoms with Crippen LogP contribution in [0.25, 0.3) is 32.3 Å². The molecule has 17 nitrogen and oxygen atoms in total. The molecule has 0 saturated heterocycles. The summed E-state index contributed by atoms with van der Waals surface area (Å²) in [5.41, 5.74) is 6.26. The zero-order valence-corrected chi connectivity index (χ0v) is 28.5. The lowest BCUT2D eigenvalue weighted by molar-refractivity contribution is 0.481. The number of nitrogens with two attached hydrogens (primary N) is 1. The molecule has 0 amide bonds. The lowest BCUT2D eigenvalue weighted by Crippen LogP contribution is -2.03. The SMILES string of the molecule is Nc1ccc(N=Nc2ccc(N=Nc3cc(S(=O)(=O)O)c4cccc(S(=O)(=O)O)c4c3)c3ccc(S(=O)(=O)O)cc23)c2ccc(S(=O)(=O)O)cc12. The summed E-state index contributed by atoms with van der Waals surface area (Å²) in [4.78, 5) is -2.29. The summed E-state index contributed by atoms with van der Waals surface area (Å²) in [6.07, 6.45) is 0. The highest BCUT2D eigenvalue weighted by Gasteiger charge is 2.22. The molecule has 0 atom stereocenters. The van der Waals surface area contributed by atoms with Crippen LogP contribution in [0.1, 0.15) is 0 Å². The summed E-state index contributed by atoms with van der Waals surface area (Å²) in [5, 5.41) is 17.0. The Labute approximate surface area is 288 Å². The van der Waals surface area contributed by atoms with Crippen LogP contribution in [-0.2, 0) is 40.5 Å². The van der Waals surface area contributed by atoms with Gasteiger partial charge in [0.15, 0.2) is 0 Å². The molecular weight excluding hydrogens is 751 g/mol. The molecule has 0 aliphatic rings. The van der Waals surface area contributed by atoms with Crippen LogP contribution in [0.3, 0.4) is 0 Å². The van der Waals surface area contributed by atoms with Crippen LogP contribution in [0.15, 0.2) is 131 Å². The number of anilines is 1. The summed E-state index contributed by atoms with van der Waals surface area (Å²) in [7, 11) is -19.0. The predicted molar refractivity (Wildman–Crippen MR) is 184 cm³/mol. The van der Waals surface area contributed by atoms with Gasteiger partial charge in [-0.2, -0.15) is 38.8 Å². The monoisotopic (exact) mass is 771 g/mol. The van der Waals surface area contributed by atoms with E-state index in [1.54, 1.807) is 0 Å². The Balaban J connectivity index is 1.50. The number of benzene rings is 6. The normalized spacial score (nSPS) is 13.3. The van der Waals surface area contributed by atoms with E-state index >= 15 is 0 Å². The van der Waals surface area contributed by atoms with E-state index < -0.39 is 60.1 Å². The van der Waals surface area contributed by atoms with E-state index in [0.717, 1.165) is 42.5 Å². The van der Waals surface area contributed by atoms with Gasteiger partial charge in [-0.15, -0.1) is 15.3 Å². The Bertz CT molecular complexity index is 2990. The molecule has 0 fully saturated rings. The topological polar surface area (TPSA) is 293 Å². The summed E-state index contributed by atoms with van der Waals surface area (Å²) >= 11 is 0. The molecule has 0 unspecified atom stereocenters. The molecule has 0 bridgehead atoms. The van der Waals surface area contributed by atoms with E-state index in [-0.39, 0.29) is 55.4 Å². The first kappa shape index (κ1) is 35.6. The Morgan fingerprint density at radius 1 is 0.412 bits per heavy atom. The fourth-order valence-electron chi connectivity index (χ4n) is 5.24. The number of nitrogen functional groups attached to an aromatic ring is 1. The lowest BCUT2D eigenvalue weighted by Gasteiger charge is -2.09. The van der Waals surface area contributed by atoms with E-state index in [9.17, 15) is 51.9 Å². The maximum atomic E-state index is 12.2. The van der Waals surface area contributed by atoms with Crippen LogP contribution in [0.2, 0.25) is 0 Å². The third-order valence-corrected chi connectivity index (χ3v) is 11.0. The quantitative estimate of drug-likeness (QED) is 0.0624. The molecule has 0 spiro atoms. The van der Waals surface area contributed by atoms with Gasteiger partial charge in [0, 0.05) is 38.0 Å². The molecule has 0 saturated carbocycles. The Morgan fingerprint density at radius 2 is 0.902 bits per heavy atom. The lowest BCUT2D eigenvalue weighted by atomic mass is 10.1. The van der Waals surface area contributed by atoms with Gasteiger partial charge in [0.05, 0.1) is 32.5 Å². The fraction of sp³-hybridized carbons (Fsp3) is 0. The van der Waals surface area contributed by atoms with Crippen LogP contribution in [-0.4, -0.2) is 51.9 Å². The third kappa shape index (κ3) is 7.17. The molecule has 0 aromatic heterocycles. The van der Waals surface area contributed by atoms with Crippen molar-refractivity contribution in [2.75, 3.05) is 5.73 Å². The smallest absolute Gasteiger partial charge is 0.295 e. The van der Waals surface area contributed by atoms with Crippen molar-refractivity contribution in [1.29, 1.82) is 0 Å². The minimum Gasteiger partial charge on any atom is -0.398 e. The van der Waals surface area contributed by atoms with Crippen molar-refractivity contribution in [1.82, 2.24) is 0 Å². The van der Waals surface area contributed by atoms with Crippen LogP contribution < -0.4 is 5.73 Å². The van der Waals surface area contributed by atoms with Gasteiger partial charge in [0.1, 0.15) is 9.79 Å². The number of hydrogen-bond acceptors (Lipinski definition) is 13. The van der Waals surface area contributed by atoms with E-state index in [1.807, 2.05) is 0 Å². The third-order valence-electron chi connectivity index (χ3n) is 7.53. The maximum Gasteiger partial charge on any atom is 0.295 e. The average Bonchev–Trinajstić information content (AvgIpc) is 3.04. The van der Waals surface area contributed by atoms with E-state index in [1.165, 1.54) is 48.5 Å². The van der Waals surface area contributed by atoms with Crippen molar-refractivity contribution in [3.05, 3.63) is 91.0 Å². The van der Waals surface area contributed by atoms with Crippen LogP contribution in [0, 0.1) is 0 Å². The largest absolute Gasteiger partial charge is 0.398 e. The predicted octanol–water partition coefficient (Wildman–Crippen LogP) is 6.55. The molecule has 262 valence electrons. The van der Waals surface area contributed by atoms with Crippen molar-refractivity contribution in [3.8, 4) is 0 Å². The van der Waals surface area contributed by atoms with Gasteiger partial charge in [-0.3, -0.25) is 18.2 Å². The van der Waals surface area contributed by atoms with Crippen molar-refractivity contribution in [2.24, 2.45) is 20.5 Å². The van der Waals surface area contributed by atoms with Crippen molar-refractivity contribution < 1.29 is 51.9 Å². The summed E-state index contributed by atoms with van der Waals surface area (Å²) in [6.45, 7) is 0. The summed E-state index contributed by atoms with van der Waals surface area (Å²) in [6, 6.07) is 18.2. The van der Waals surface area contributed by atoms with Crippen molar-refractivity contribution in [3.63, 3.8) is 0 Å². The molecule has 21 heteroatoms. The molecule has 6 rings (SSSR count). The van der Waals surface area contributed by atoms with Crippen LogP contribution >= 0.6 is 0 Å². The van der Waals surface area contributed by atoms with Gasteiger partial charge in [0.2, 0.25) is 0 Å². The number of fused-ring (bicyclic) bond motifs is 3. The molecular formula is C30H21N5O12S4. The molecule has 6 aromatic rings. The highest BCUT2D eigenvalue weighted by molar-refractivity contribution is 7.86. The zero-order chi connectivity index (χ0) is 37.1. The van der Waals surface area contributed by atoms with Gasteiger partial charge in [-0.1, -0.05) is 24.3 Å². The maximum absolute atomic E-state index is 12.2. The Kier molecular flexibility index (Phi) is 8.72. The first-order valence-electron chi connectivity index (χ1n) is 13.9. The molecule has 6 aromatic carbocycles. The first-order valence-corrected chi connectivity index (χ1v) is 19.7. The van der Waals surface area contributed by atoms with E-state index in [2.05, 4.69) is 20.5 Å². The van der Waals surface area contributed by atoms with Gasteiger partial charge in [-0.25, -0.2) is 0 Å². The average molecular weight is 772 g/mol. The fourth-order valence-corrected chi connectivity index (χ4v) is 7.67. The van der Waals surface area contributed by atoms with E-state index in [4.69, 9.17) is 5.73 Å². The van der Waals surface area contributed by atoms with Gasteiger partial charge >= 0.3 is 0 Å². The van der Waals surface area contributed by atoms with Crippen molar-refractivity contribution >= 4 is 101 Å². The highest BCUT2D eigenvalue weighted by Crippen LogP contribution is 2.39. The second kappa shape index (κ2) is 12.5.